The van der Waals surface area contributed by atoms with Crippen LogP contribution in [0.3, 0.4) is 0 Å². The third-order valence-corrected chi connectivity index (χ3v) is 3.72. The van der Waals surface area contributed by atoms with Gasteiger partial charge in [-0.15, -0.1) is 0 Å². The Labute approximate surface area is 87.1 Å². The summed E-state index contributed by atoms with van der Waals surface area (Å²) in [6.07, 6.45) is 2.45. The van der Waals surface area contributed by atoms with E-state index in [4.69, 9.17) is 21.1 Å². The summed E-state index contributed by atoms with van der Waals surface area (Å²) in [6, 6.07) is 0.833. The molecule has 14 heavy (non-hydrogen) atoms. The summed E-state index contributed by atoms with van der Waals surface area (Å²) in [5.41, 5.74) is -0.687. The van der Waals surface area contributed by atoms with Crippen LogP contribution in [0, 0.1) is 0 Å². The number of likely N-dealkylation sites (N-methyl/N-ethyl adjacent to an activating group) is 1. The molecule has 3 aliphatic rings. The smallest absolute Gasteiger partial charge is 0.404 e. The molecule has 0 N–H and O–H groups in total. The number of hydrogen-bond donors (Lipinski definition) is 0. The minimum atomic E-state index is -0.687. The van der Waals surface area contributed by atoms with Gasteiger partial charge in [0.2, 0.25) is 0 Å². The van der Waals surface area contributed by atoms with Gasteiger partial charge in [0.1, 0.15) is 18.3 Å². The van der Waals surface area contributed by atoms with Gasteiger partial charge in [0.25, 0.3) is 0 Å². The number of ether oxygens (including phenoxy) is 2. The van der Waals surface area contributed by atoms with Crippen LogP contribution in [-0.4, -0.2) is 47.8 Å². The maximum Gasteiger partial charge on any atom is 0.404 e. The first kappa shape index (κ1) is 8.95. The van der Waals surface area contributed by atoms with Gasteiger partial charge in [-0.25, -0.2) is 4.79 Å². The van der Waals surface area contributed by atoms with E-state index in [1.54, 1.807) is 0 Å². The number of rotatable bonds is 1. The van der Waals surface area contributed by atoms with Gasteiger partial charge >= 0.3 is 5.43 Å². The summed E-state index contributed by atoms with van der Waals surface area (Å²) < 4.78 is 10.6. The van der Waals surface area contributed by atoms with Gasteiger partial charge in [-0.3, -0.25) is 4.90 Å². The minimum Gasteiger partial charge on any atom is -0.450 e. The molecule has 3 rings (SSSR count). The fraction of sp³-hybridized carbons (Fsp3) is 0.889. The third-order valence-electron chi connectivity index (χ3n) is 3.63. The van der Waals surface area contributed by atoms with Crippen LogP contribution in [0.4, 0.5) is 4.79 Å². The van der Waals surface area contributed by atoms with Gasteiger partial charge in [0.05, 0.1) is 0 Å². The van der Waals surface area contributed by atoms with Crippen molar-refractivity contribution in [2.75, 3.05) is 7.05 Å². The van der Waals surface area contributed by atoms with Crippen molar-refractivity contribution in [3.05, 3.63) is 0 Å². The van der Waals surface area contributed by atoms with E-state index < -0.39 is 5.43 Å². The number of morpholine rings is 1. The van der Waals surface area contributed by atoms with Crippen molar-refractivity contribution in [2.45, 2.75) is 43.2 Å². The molecule has 0 radical (unpaired) electrons. The zero-order chi connectivity index (χ0) is 9.87. The van der Waals surface area contributed by atoms with E-state index in [0.29, 0.717) is 24.3 Å². The average Bonchev–Trinajstić information content (AvgIpc) is 2.80. The van der Waals surface area contributed by atoms with E-state index in [1.807, 2.05) is 0 Å². The van der Waals surface area contributed by atoms with Gasteiger partial charge in [-0.05, 0) is 7.05 Å². The Balaban J connectivity index is 1.71. The number of hydrogen-bond acceptors (Lipinski definition) is 4. The van der Waals surface area contributed by atoms with Crippen LogP contribution in [0.1, 0.15) is 12.8 Å². The van der Waals surface area contributed by atoms with Crippen LogP contribution in [0.25, 0.3) is 0 Å². The molecule has 4 atom stereocenters. The number of carbonyl (C=O) groups excluding carboxylic acids is 1. The van der Waals surface area contributed by atoms with E-state index in [0.717, 1.165) is 12.8 Å². The van der Waals surface area contributed by atoms with Gasteiger partial charge < -0.3 is 9.47 Å². The minimum absolute atomic E-state index is 0.0115. The highest BCUT2D eigenvalue weighted by Crippen LogP contribution is 2.47. The number of carbonyl (C=O) groups is 1. The molecule has 4 unspecified atom stereocenters. The molecule has 3 saturated heterocycles. The molecule has 0 spiro atoms. The van der Waals surface area contributed by atoms with Gasteiger partial charge in [-0.2, -0.15) is 0 Å². The lowest BCUT2D eigenvalue weighted by atomic mass is 9.99. The highest BCUT2D eigenvalue weighted by atomic mass is 35.5. The summed E-state index contributed by atoms with van der Waals surface area (Å²) in [5, 5.41) is 0. The molecule has 0 saturated carbocycles. The second-order valence-electron chi connectivity index (χ2n) is 4.31. The second-order valence-corrected chi connectivity index (χ2v) is 4.62. The first-order valence-corrected chi connectivity index (χ1v) is 5.28. The number of fused-ring (bicyclic) bond motifs is 5. The van der Waals surface area contributed by atoms with E-state index in [9.17, 15) is 4.79 Å². The molecule has 2 bridgehead atoms. The average molecular weight is 218 g/mol. The molecular weight excluding hydrogens is 206 g/mol. The molecular formula is C9H12ClNO3. The molecule has 0 aromatic rings. The summed E-state index contributed by atoms with van der Waals surface area (Å²) in [6.45, 7) is 0. The van der Waals surface area contributed by atoms with Crippen molar-refractivity contribution in [3.8, 4) is 0 Å². The maximum atomic E-state index is 10.6. The van der Waals surface area contributed by atoms with Crippen LogP contribution >= 0.6 is 11.6 Å². The molecule has 0 aliphatic carbocycles. The first-order chi connectivity index (χ1) is 6.66. The fourth-order valence-electron chi connectivity index (χ4n) is 2.93. The standard InChI is InChI=1S/C9H12ClNO3/c1-11-5-2-4(13-9(10)12)3-6(11)8-7(5)14-8/h4-8H,2-3H2,1H3. The van der Waals surface area contributed by atoms with E-state index in [2.05, 4.69) is 11.9 Å². The van der Waals surface area contributed by atoms with Crippen LogP contribution in [-0.2, 0) is 9.47 Å². The second kappa shape index (κ2) is 2.84. The molecule has 3 heterocycles. The van der Waals surface area contributed by atoms with Gasteiger partial charge in [-0.1, -0.05) is 0 Å². The predicted octanol–water partition coefficient (Wildman–Crippen LogP) is 0.974. The molecule has 0 amide bonds. The monoisotopic (exact) mass is 217 g/mol. The molecule has 0 aromatic heterocycles. The number of halogens is 1. The first-order valence-electron chi connectivity index (χ1n) is 4.90. The highest BCUT2D eigenvalue weighted by Gasteiger charge is 2.62. The summed E-state index contributed by atoms with van der Waals surface area (Å²) in [4.78, 5) is 13.0. The largest absolute Gasteiger partial charge is 0.450 e. The normalized spacial score (nSPS) is 50.0. The lowest BCUT2D eigenvalue weighted by molar-refractivity contribution is -0.00203. The summed E-state index contributed by atoms with van der Waals surface area (Å²) in [7, 11) is 2.11. The number of nitrogens with zero attached hydrogens (tertiary/aromatic N) is 1. The van der Waals surface area contributed by atoms with Crippen molar-refractivity contribution >= 4 is 17.0 Å². The van der Waals surface area contributed by atoms with Crippen molar-refractivity contribution in [1.82, 2.24) is 4.90 Å². The van der Waals surface area contributed by atoms with Crippen LogP contribution in [0.15, 0.2) is 0 Å². The van der Waals surface area contributed by atoms with Crippen molar-refractivity contribution in [2.24, 2.45) is 0 Å². The van der Waals surface area contributed by atoms with E-state index >= 15 is 0 Å². The quantitative estimate of drug-likeness (QED) is 0.485. The number of epoxide rings is 1. The van der Waals surface area contributed by atoms with Crippen LogP contribution < -0.4 is 0 Å². The zero-order valence-electron chi connectivity index (χ0n) is 7.85. The van der Waals surface area contributed by atoms with Crippen molar-refractivity contribution in [1.29, 1.82) is 0 Å². The third kappa shape index (κ3) is 1.17. The lowest BCUT2D eigenvalue weighted by Crippen LogP contribution is -2.47. The zero-order valence-corrected chi connectivity index (χ0v) is 8.61. The van der Waals surface area contributed by atoms with Gasteiger partial charge in [0.15, 0.2) is 0 Å². The molecule has 3 aliphatic heterocycles. The lowest BCUT2D eigenvalue weighted by Gasteiger charge is -2.37. The van der Waals surface area contributed by atoms with Crippen LogP contribution in [0.2, 0.25) is 0 Å². The SMILES string of the molecule is CN1C2CC(OC(=O)Cl)CC1C1OC12. The fourth-order valence-corrected chi connectivity index (χ4v) is 3.05. The maximum absolute atomic E-state index is 10.6. The van der Waals surface area contributed by atoms with Crippen molar-refractivity contribution in [3.63, 3.8) is 0 Å². The Bertz CT molecular complexity index is 267. The molecule has 5 heteroatoms. The topological polar surface area (TPSA) is 42.1 Å². The summed E-state index contributed by atoms with van der Waals surface area (Å²) >= 11 is 5.20. The Hall–Kier alpha value is -0.320. The highest BCUT2D eigenvalue weighted by molar-refractivity contribution is 6.61. The predicted molar refractivity (Wildman–Crippen MR) is 49.4 cm³/mol. The van der Waals surface area contributed by atoms with E-state index in [-0.39, 0.29) is 6.10 Å². The van der Waals surface area contributed by atoms with Gasteiger partial charge in [0, 0.05) is 36.5 Å². The Kier molecular flexibility index (Phi) is 1.81. The molecule has 78 valence electrons. The molecule has 3 fully saturated rings. The number of piperidine rings is 1. The Morgan fingerprint density at radius 3 is 2.50 bits per heavy atom. The summed E-state index contributed by atoms with van der Waals surface area (Å²) in [5.74, 6) is 0. The molecule has 0 aromatic carbocycles. The Morgan fingerprint density at radius 1 is 1.43 bits per heavy atom. The van der Waals surface area contributed by atoms with Crippen LogP contribution in [0.5, 0.6) is 0 Å². The molecule has 4 nitrogen and oxygen atoms in total. The Morgan fingerprint density at radius 2 is 2.00 bits per heavy atom. The van der Waals surface area contributed by atoms with E-state index in [1.165, 1.54) is 0 Å². The van der Waals surface area contributed by atoms with Crippen molar-refractivity contribution < 1.29 is 14.3 Å².